The zero-order valence-electron chi connectivity index (χ0n) is 20.4. The Morgan fingerprint density at radius 3 is 2.61 bits per heavy atom. The molecule has 8 atom stereocenters. The van der Waals surface area contributed by atoms with E-state index in [1.807, 2.05) is 20.8 Å². The molecule has 1 N–H and O–H groups in total. The van der Waals surface area contributed by atoms with Crippen molar-refractivity contribution in [3.63, 3.8) is 0 Å². The van der Waals surface area contributed by atoms with Gasteiger partial charge in [0.2, 0.25) is 0 Å². The van der Waals surface area contributed by atoms with Crippen LogP contribution in [0.1, 0.15) is 79.6 Å². The molecule has 0 aromatic heterocycles. The van der Waals surface area contributed by atoms with E-state index in [1.54, 1.807) is 13.0 Å². The molecular formula is C27H37FO5. The lowest BCUT2D eigenvalue weighted by Crippen LogP contribution is -2.69. The second-order valence-corrected chi connectivity index (χ2v) is 11.3. The highest BCUT2D eigenvalue weighted by Crippen LogP contribution is 2.71. The van der Waals surface area contributed by atoms with E-state index in [9.17, 15) is 19.5 Å². The first-order chi connectivity index (χ1) is 15.4. The van der Waals surface area contributed by atoms with Crippen LogP contribution in [0.2, 0.25) is 0 Å². The number of esters is 1. The highest BCUT2D eigenvalue weighted by molar-refractivity contribution is 6.01. The van der Waals surface area contributed by atoms with Crippen molar-refractivity contribution in [1.29, 1.82) is 0 Å². The standard InChI is InChI=1S/C27H37FO5/c1-6-7-8-23(32)33-27(17(3)29)16(2)13-21-20-10-9-18-14-19(30)11-12-24(18,4)26(20,28)22(31)15-25(21,27)5/h11-12,14,16,20-22,31H,6-10,13,15H2,1-5H3/t16-,20-,21-,22-,24-,25-,26?,27-/m0/s1. The van der Waals surface area contributed by atoms with E-state index in [-0.39, 0.29) is 36.2 Å². The summed E-state index contributed by atoms with van der Waals surface area (Å²) in [7, 11) is 0. The molecule has 6 heteroatoms. The molecule has 0 aliphatic heterocycles. The Balaban J connectivity index is 1.78. The maximum absolute atomic E-state index is 17.2. The Labute approximate surface area is 195 Å². The number of ketones is 2. The third-order valence-electron chi connectivity index (χ3n) is 9.71. The van der Waals surface area contributed by atoms with Gasteiger partial charge in [-0.2, -0.15) is 0 Å². The zero-order valence-corrected chi connectivity index (χ0v) is 20.4. The topological polar surface area (TPSA) is 80.7 Å². The monoisotopic (exact) mass is 460 g/mol. The third-order valence-corrected chi connectivity index (χ3v) is 9.71. The Bertz CT molecular complexity index is 939. The smallest absolute Gasteiger partial charge is 0.306 e. The van der Waals surface area contributed by atoms with E-state index in [2.05, 4.69) is 0 Å². The molecule has 3 saturated carbocycles. The minimum Gasteiger partial charge on any atom is -0.450 e. The largest absolute Gasteiger partial charge is 0.450 e. The van der Waals surface area contributed by atoms with Gasteiger partial charge in [-0.1, -0.05) is 38.8 Å². The number of hydrogen-bond acceptors (Lipinski definition) is 5. The molecule has 0 aromatic rings. The number of rotatable bonds is 5. The van der Waals surface area contributed by atoms with Crippen molar-refractivity contribution < 1.29 is 28.6 Å². The molecule has 0 aromatic carbocycles. The molecule has 3 fully saturated rings. The van der Waals surface area contributed by atoms with E-state index in [4.69, 9.17) is 4.74 Å². The van der Waals surface area contributed by atoms with E-state index >= 15 is 4.39 Å². The number of carbonyl (C=O) groups is 3. The Kier molecular flexibility index (Phi) is 5.79. The maximum atomic E-state index is 17.2. The third kappa shape index (κ3) is 3.01. The van der Waals surface area contributed by atoms with Gasteiger partial charge in [-0.3, -0.25) is 14.4 Å². The van der Waals surface area contributed by atoms with Crippen molar-refractivity contribution in [2.45, 2.75) is 96.9 Å². The molecule has 0 radical (unpaired) electrons. The summed E-state index contributed by atoms with van der Waals surface area (Å²) in [5.74, 6) is -1.80. The first-order valence-electron chi connectivity index (χ1n) is 12.4. The van der Waals surface area contributed by atoms with Crippen molar-refractivity contribution in [1.82, 2.24) is 0 Å². The number of ether oxygens (including phenoxy) is 1. The molecule has 0 spiro atoms. The summed E-state index contributed by atoms with van der Waals surface area (Å²) >= 11 is 0. The molecule has 0 bridgehead atoms. The fourth-order valence-corrected chi connectivity index (χ4v) is 8.12. The molecule has 5 nitrogen and oxygen atoms in total. The number of alkyl halides is 1. The SMILES string of the molecule is CCCCC(=O)O[C@]1(C(C)=O)[C@@H](C)C[C@H]2[C@@H]3CCC4=CC(=O)C=C[C@]4(C)C3(F)[C@@H](O)C[C@@]21C. The van der Waals surface area contributed by atoms with Crippen LogP contribution in [-0.4, -0.2) is 40.0 Å². The van der Waals surface area contributed by atoms with Gasteiger partial charge in [-0.25, -0.2) is 4.39 Å². The molecule has 4 aliphatic carbocycles. The van der Waals surface area contributed by atoms with Crippen LogP contribution in [0.4, 0.5) is 4.39 Å². The predicted octanol–water partition coefficient (Wildman–Crippen LogP) is 4.66. The first kappa shape index (κ1) is 24.3. The normalized spacial score (nSPS) is 46.2. The summed E-state index contributed by atoms with van der Waals surface area (Å²) in [6.45, 7) is 9.05. The molecule has 0 heterocycles. The van der Waals surface area contributed by atoms with Gasteiger partial charge >= 0.3 is 5.97 Å². The molecule has 0 saturated heterocycles. The van der Waals surface area contributed by atoms with E-state index < -0.39 is 40.1 Å². The van der Waals surface area contributed by atoms with Crippen molar-refractivity contribution >= 4 is 17.5 Å². The average molecular weight is 461 g/mol. The molecule has 4 rings (SSSR count). The number of fused-ring (bicyclic) bond motifs is 5. The van der Waals surface area contributed by atoms with Crippen LogP contribution in [0, 0.1) is 28.6 Å². The number of aliphatic hydroxyl groups excluding tert-OH is 1. The second-order valence-electron chi connectivity index (χ2n) is 11.3. The lowest BCUT2D eigenvalue weighted by Gasteiger charge is -2.62. The number of halogens is 1. The van der Waals surface area contributed by atoms with Crippen LogP contribution in [0.5, 0.6) is 0 Å². The molecule has 0 amide bonds. The van der Waals surface area contributed by atoms with Gasteiger partial charge in [0.25, 0.3) is 0 Å². The Morgan fingerprint density at radius 2 is 1.97 bits per heavy atom. The van der Waals surface area contributed by atoms with Crippen molar-refractivity contribution in [3.8, 4) is 0 Å². The van der Waals surface area contributed by atoms with Gasteiger partial charge in [0.1, 0.15) is 0 Å². The van der Waals surface area contributed by atoms with Gasteiger partial charge in [-0.05, 0) is 64.0 Å². The lowest BCUT2D eigenvalue weighted by molar-refractivity contribution is -0.227. The van der Waals surface area contributed by atoms with E-state index in [0.29, 0.717) is 25.7 Å². The summed E-state index contributed by atoms with van der Waals surface area (Å²) in [6.07, 6.45) is 6.59. The van der Waals surface area contributed by atoms with Crippen LogP contribution in [0.3, 0.4) is 0 Å². The maximum Gasteiger partial charge on any atom is 0.306 e. The highest BCUT2D eigenvalue weighted by atomic mass is 19.1. The number of carbonyl (C=O) groups excluding carboxylic acids is 3. The van der Waals surface area contributed by atoms with Crippen LogP contribution in [-0.2, 0) is 19.1 Å². The van der Waals surface area contributed by atoms with Crippen molar-refractivity contribution in [3.05, 3.63) is 23.8 Å². The minimum absolute atomic E-state index is 0.0281. The number of hydrogen-bond donors (Lipinski definition) is 1. The summed E-state index contributed by atoms with van der Waals surface area (Å²) in [5.41, 5.74) is -4.55. The first-order valence-corrected chi connectivity index (χ1v) is 12.4. The van der Waals surface area contributed by atoms with Gasteiger partial charge in [0.15, 0.2) is 22.8 Å². The number of Topliss-reactive ketones (excluding diaryl/α,β-unsaturated/α-hetero) is 1. The van der Waals surface area contributed by atoms with Crippen LogP contribution >= 0.6 is 0 Å². The minimum atomic E-state index is -1.96. The molecule has 182 valence electrons. The van der Waals surface area contributed by atoms with Crippen molar-refractivity contribution in [2.75, 3.05) is 0 Å². The lowest BCUT2D eigenvalue weighted by atomic mass is 9.44. The van der Waals surface area contributed by atoms with Gasteiger partial charge in [0, 0.05) is 29.1 Å². The highest BCUT2D eigenvalue weighted by Gasteiger charge is 2.76. The fourth-order valence-electron chi connectivity index (χ4n) is 8.12. The Hall–Kier alpha value is -1.82. The average Bonchev–Trinajstić information content (AvgIpc) is 2.96. The van der Waals surface area contributed by atoms with E-state index in [0.717, 1.165) is 12.0 Å². The Morgan fingerprint density at radius 1 is 1.27 bits per heavy atom. The van der Waals surface area contributed by atoms with Gasteiger partial charge < -0.3 is 9.84 Å². The quantitative estimate of drug-likeness (QED) is 0.604. The van der Waals surface area contributed by atoms with Gasteiger partial charge in [-0.15, -0.1) is 0 Å². The summed E-state index contributed by atoms with van der Waals surface area (Å²) in [6, 6.07) is 0. The zero-order chi connectivity index (χ0) is 24.4. The number of unbranched alkanes of at least 4 members (excludes halogenated alkanes) is 1. The fraction of sp³-hybridized carbons (Fsp3) is 0.741. The van der Waals surface area contributed by atoms with E-state index in [1.165, 1.54) is 19.1 Å². The molecule has 1 unspecified atom stereocenters. The van der Waals surface area contributed by atoms with Crippen LogP contribution in [0.15, 0.2) is 23.8 Å². The number of aliphatic hydroxyl groups is 1. The van der Waals surface area contributed by atoms with Crippen LogP contribution in [0.25, 0.3) is 0 Å². The summed E-state index contributed by atoms with van der Waals surface area (Å²) in [5, 5.41) is 11.4. The summed E-state index contributed by atoms with van der Waals surface area (Å²) < 4.78 is 23.3. The predicted molar refractivity (Wildman–Crippen MR) is 122 cm³/mol. The molecule has 4 aliphatic rings. The second kappa shape index (κ2) is 7.86. The summed E-state index contributed by atoms with van der Waals surface area (Å²) in [4.78, 5) is 38.0. The number of allylic oxidation sites excluding steroid dienone is 4. The van der Waals surface area contributed by atoms with Crippen LogP contribution < -0.4 is 0 Å². The van der Waals surface area contributed by atoms with Gasteiger partial charge in [0.05, 0.1) is 6.10 Å². The molecule has 33 heavy (non-hydrogen) atoms. The molecular weight excluding hydrogens is 423 g/mol. The van der Waals surface area contributed by atoms with Crippen molar-refractivity contribution in [2.24, 2.45) is 28.6 Å².